The minimum Gasteiger partial charge on any atom is -0.494 e. The number of halogens is 1. The Labute approximate surface area is 143 Å². The van der Waals surface area contributed by atoms with Crippen LogP contribution in [0, 0.1) is 0 Å². The second-order valence-electron chi connectivity index (χ2n) is 4.88. The summed E-state index contributed by atoms with van der Waals surface area (Å²) < 4.78 is 36.2. The van der Waals surface area contributed by atoms with Crippen molar-refractivity contribution in [2.45, 2.75) is 17.4 Å². The molecule has 1 rings (SSSR count). The SMILES string of the molecule is COC(=O)c1cc(Cl)cc(S(=O)(=O)NCC(C)(O)C(=O)O)c1OC. The van der Waals surface area contributed by atoms with Crippen molar-refractivity contribution in [3.05, 3.63) is 22.7 Å². The number of nitrogens with one attached hydrogen (secondary N) is 1. The Kier molecular flexibility index (Phi) is 6.17. The van der Waals surface area contributed by atoms with Crippen molar-refractivity contribution in [3.63, 3.8) is 0 Å². The summed E-state index contributed by atoms with van der Waals surface area (Å²) in [6.07, 6.45) is 0. The van der Waals surface area contributed by atoms with E-state index in [4.69, 9.17) is 21.4 Å². The largest absolute Gasteiger partial charge is 0.494 e. The van der Waals surface area contributed by atoms with Gasteiger partial charge in [-0.25, -0.2) is 22.7 Å². The van der Waals surface area contributed by atoms with Gasteiger partial charge in [-0.1, -0.05) is 11.6 Å². The standard InChI is InChI=1S/C13H16ClNO8S/c1-13(19,12(17)18)6-15-24(20,21)9-5-7(14)4-8(10(9)22-2)11(16)23-3/h4-5,15,19H,6H2,1-3H3,(H,17,18). The van der Waals surface area contributed by atoms with Crippen LogP contribution < -0.4 is 9.46 Å². The molecule has 0 aromatic heterocycles. The number of sulfonamides is 1. The minimum absolute atomic E-state index is 0.0819. The highest BCUT2D eigenvalue weighted by molar-refractivity contribution is 7.89. The molecule has 1 unspecified atom stereocenters. The average molecular weight is 382 g/mol. The topological polar surface area (TPSA) is 139 Å². The van der Waals surface area contributed by atoms with Gasteiger partial charge in [-0.05, 0) is 19.1 Å². The molecular weight excluding hydrogens is 366 g/mol. The zero-order chi connectivity index (χ0) is 18.7. The van der Waals surface area contributed by atoms with Gasteiger partial charge in [-0.2, -0.15) is 0 Å². The Hall–Kier alpha value is -1.88. The minimum atomic E-state index is -4.35. The Bertz CT molecular complexity index is 759. The summed E-state index contributed by atoms with van der Waals surface area (Å²) in [5.41, 5.74) is -2.55. The number of rotatable bonds is 7. The highest BCUT2D eigenvalue weighted by Crippen LogP contribution is 2.32. The van der Waals surface area contributed by atoms with E-state index in [1.54, 1.807) is 0 Å². The lowest BCUT2D eigenvalue weighted by Crippen LogP contribution is -2.46. The van der Waals surface area contributed by atoms with E-state index in [9.17, 15) is 23.1 Å². The molecule has 1 aromatic carbocycles. The maximum atomic E-state index is 12.4. The Morgan fingerprint density at radius 3 is 2.38 bits per heavy atom. The lowest BCUT2D eigenvalue weighted by Gasteiger charge is -2.19. The predicted molar refractivity (Wildman–Crippen MR) is 82.8 cm³/mol. The number of methoxy groups -OCH3 is 2. The number of hydrogen-bond acceptors (Lipinski definition) is 7. The highest BCUT2D eigenvalue weighted by atomic mass is 35.5. The molecule has 11 heteroatoms. The van der Waals surface area contributed by atoms with Crippen LogP contribution in [0.25, 0.3) is 0 Å². The summed E-state index contributed by atoms with van der Waals surface area (Å²) in [7, 11) is -2.11. The van der Waals surface area contributed by atoms with E-state index in [0.29, 0.717) is 0 Å². The van der Waals surface area contributed by atoms with Crippen LogP contribution >= 0.6 is 11.6 Å². The van der Waals surface area contributed by atoms with Crippen LogP contribution in [-0.2, 0) is 19.6 Å². The first-order valence-electron chi connectivity index (χ1n) is 6.37. The van der Waals surface area contributed by atoms with Crippen LogP contribution in [0.15, 0.2) is 17.0 Å². The highest BCUT2D eigenvalue weighted by Gasteiger charge is 2.33. The quantitative estimate of drug-likeness (QED) is 0.571. The molecule has 0 aliphatic heterocycles. The van der Waals surface area contributed by atoms with Crippen molar-refractivity contribution in [3.8, 4) is 5.75 Å². The van der Waals surface area contributed by atoms with Gasteiger partial charge in [0.2, 0.25) is 10.0 Å². The Balaban J connectivity index is 3.36. The first-order valence-corrected chi connectivity index (χ1v) is 8.23. The maximum absolute atomic E-state index is 12.4. The number of benzene rings is 1. The molecule has 0 aliphatic rings. The number of carbonyl (C=O) groups excluding carboxylic acids is 1. The van der Waals surface area contributed by atoms with Gasteiger partial charge >= 0.3 is 11.9 Å². The molecule has 0 saturated carbocycles. The van der Waals surface area contributed by atoms with Crippen molar-refractivity contribution in [1.82, 2.24) is 4.72 Å². The molecular formula is C13H16ClNO8S. The molecule has 24 heavy (non-hydrogen) atoms. The van der Waals surface area contributed by atoms with Crippen molar-refractivity contribution in [1.29, 1.82) is 0 Å². The Morgan fingerprint density at radius 2 is 1.92 bits per heavy atom. The second kappa shape index (κ2) is 7.34. The van der Waals surface area contributed by atoms with Crippen molar-refractivity contribution in [2.75, 3.05) is 20.8 Å². The third kappa shape index (κ3) is 4.35. The monoisotopic (exact) mass is 381 g/mol. The summed E-state index contributed by atoms with van der Waals surface area (Å²) in [4.78, 5) is 22.1. The molecule has 0 bridgehead atoms. The number of esters is 1. The number of aliphatic hydroxyl groups is 1. The number of aliphatic carboxylic acids is 1. The van der Waals surface area contributed by atoms with E-state index in [1.807, 2.05) is 4.72 Å². The van der Waals surface area contributed by atoms with Gasteiger partial charge in [0.25, 0.3) is 0 Å². The van der Waals surface area contributed by atoms with Crippen LogP contribution in [0.2, 0.25) is 5.02 Å². The van der Waals surface area contributed by atoms with Crippen molar-refractivity contribution >= 4 is 33.6 Å². The van der Waals surface area contributed by atoms with Gasteiger partial charge in [-0.3, -0.25) is 0 Å². The zero-order valence-electron chi connectivity index (χ0n) is 13.0. The van der Waals surface area contributed by atoms with E-state index in [1.165, 1.54) is 6.07 Å². The fraction of sp³-hybridized carbons (Fsp3) is 0.385. The molecule has 3 N–H and O–H groups in total. The van der Waals surface area contributed by atoms with Crippen LogP contribution in [-0.4, -0.2) is 56.9 Å². The number of hydrogen-bond donors (Lipinski definition) is 3. The number of ether oxygens (including phenoxy) is 2. The lowest BCUT2D eigenvalue weighted by molar-refractivity contribution is -0.155. The molecule has 0 aliphatic carbocycles. The predicted octanol–water partition coefficient (Wildman–Crippen LogP) is 0.249. The number of carboxylic acid groups (broad SMARTS) is 1. The summed E-state index contributed by atoms with van der Waals surface area (Å²) in [5.74, 6) is -2.81. The molecule has 0 saturated heterocycles. The lowest BCUT2D eigenvalue weighted by atomic mass is 10.1. The molecule has 1 aromatic rings. The zero-order valence-corrected chi connectivity index (χ0v) is 14.6. The maximum Gasteiger partial charge on any atom is 0.341 e. The molecule has 0 fully saturated rings. The van der Waals surface area contributed by atoms with E-state index in [2.05, 4.69) is 4.74 Å². The van der Waals surface area contributed by atoms with Crippen LogP contribution in [0.4, 0.5) is 0 Å². The van der Waals surface area contributed by atoms with Gasteiger partial charge in [0, 0.05) is 5.02 Å². The first kappa shape index (κ1) is 20.2. The van der Waals surface area contributed by atoms with Gasteiger partial charge in [0.1, 0.15) is 10.5 Å². The molecule has 1 atom stereocenters. The van der Waals surface area contributed by atoms with E-state index >= 15 is 0 Å². The van der Waals surface area contributed by atoms with E-state index in [-0.39, 0.29) is 16.3 Å². The molecule has 0 radical (unpaired) electrons. The molecule has 0 spiro atoms. The summed E-state index contributed by atoms with van der Waals surface area (Å²) in [5, 5.41) is 18.3. The Morgan fingerprint density at radius 1 is 1.33 bits per heavy atom. The van der Waals surface area contributed by atoms with Gasteiger partial charge < -0.3 is 19.7 Å². The van der Waals surface area contributed by atoms with Crippen LogP contribution in [0.5, 0.6) is 5.75 Å². The average Bonchev–Trinajstić information content (AvgIpc) is 2.51. The number of carboxylic acids is 1. The molecule has 134 valence electrons. The number of carbonyl (C=O) groups is 2. The summed E-state index contributed by atoms with van der Waals surface area (Å²) >= 11 is 5.83. The smallest absolute Gasteiger partial charge is 0.341 e. The van der Waals surface area contributed by atoms with Gasteiger partial charge in [-0.15, -0.1) is 0 Å². The normalized spacial score (nSPS) is 13.9. The molecule has 0 amide bonds. The van der Waals surface area contributed by atoms with E-state index in [0.717, 1.165) is 27.2 Å². The molecule has 0 heterocycles. The summed E-state index contributed by atoms with van der Waals surface area (Å²) in [6, 6.07) is 2.18. The third-order valence-corrected chi connectivity index (χ3v) is 4.61. The van der Waals surface area contributed by atoms with Gasteiger partial charge in [0.15, 0.2) is 11.4 Å². The second-order valence-corrected chi connectivity index (χ2v) is 7.05. The summed E-state index contributed by atoms with van der Waals surface area (Å²) in [6.45, 7) is 0.112. The van der Waals surface area contributed by atoms with Gasteiger partial charge in [0.05, 0.1) is 20.8 Å². The third-order valence-electron chi connectivity index (χ3n) is 2.99. The fourth-order valence-corrected chi connectivity index (χ4v) is 3.26. The van der Waals surface area contributed by atoms with Crippen molar-refractivity contribution in [2.24, 2.45) is 0 Å². The van der Waals surface area contributed by atoms with E-state index < -0.39 is 39.0 Å². The molecule has 9 nitrogen and oxygen atoms in total. The van der Waals surface area contributed by atoms with Crippen molar-refractivity contribution < 1.29 is 37.7 Å². The van der Waals surface area contributed by atoms with Crippen LogP contribution in [0.3, 0.4) is 0 Å². The first-order chi connectivity index (χ1) is 11.0. The fourth-order valence-electron chi connectivity index (χ4n) is 1.63. The van der Waals surface area contributed by atoms with Crippen LogP contribution in [0.1, 0.15) is 17.3 Å².